The summed E-state index contributed by atoms with van der Waals surface area (Å²) in [7, 11) is 0. The number of allylic oxidation sites excluding steroid dienone is 4. The lowest BCUT2D eigenvalue weighted by molar-refractivity contribution is 0.403. The maximum Gasteiger partial charge on any atom is 0.0999 e. The fourth-order valence-corrected chi connectivity index (χ4v) is 3.22. The minimum atomic E-state index is 0.0513. The lowest BCUT2D eigenvalue weighted by Crippen LogP contribution is -2.26. The molecule has 0 bridgehead atoms. The van der Waals surface area contributed by atoms with Gasteiger partial charge in [-0.1, -0.05) is 58.6 Å². The molecule has 0 aromatic carbocycles. The summed E-state index contributed by atoms with van der Waals surface area (Å²) in [5.41, 5.74) is 1.48. The molecule has 2 heteroatoms. The second kappa shape index (κ2) is 10.2. The van der Waals surface area contributed by atoms with E-state index in [1.807, 2.05) is 0 Å². The Kier molecular flexibility index (Phi) is 8.91. The Labute approximate surface area is 131 Å². The van der Waals surface area contributed by atoms with Crippen LogP contribution in [0.2, 0.25) is 0 Å². The molecule has 2 atom stereocenters. The quantitative estimate of drug-likeness (QED) is 0.568. The SMILES string of the molecule is CCCC(CC)CC1=CC=C(F)CCC1CCNC(C)C. The Balaban J connectivity index is 2.65. The van der Waals surface area contributed by atoms with Gasteiger partial charge in [-0.25, -0.2) is 4.39 Å². The standard InChI is InChI=1S/C19H34FN/c1-5-7-16(6-2)14-18-9-11-19(20)10-8-17(18)12-13-21-15(3)4/h9,11,15-17,21H,5-8,10,12-14H2,1-4H3. The minimum absolute atomic E-state index is 0.0513. The van der Waals surface area contributed by atoms with Crippen LogP contribution < -0.4 is 5.32 Å². The predicted octanol–water partition coefficient (Wildman–Crippen LogP) is 5.78. The molecule has 0 aromatic rings. The van der Waals surface area contributed by atoms with Gasteiger partial charge in [0.1, 0.15) is 0 Å². The zero-order valence-electron chi connectivity index (χ0n) is 14.4. The molecule has 1 aliphatic rings. The molecule has 1 aliphatic carbocycles. The van der Waals surface area contributed by atoms with Crippen molar-refractivity contribution < 1.29 is 4.39 Å². The van der Waals surface area contributed by atoms with E-state index in [4.69, 9.17) is 0 Å². The van der Waals surface area contributed by atoms with Crippen LogP contribution in [0.4, 0.5) is 4.39 Å². The van der Waals surface area contributed by atoms with E-state index in [-0.39, 0.29) is 5.83 Å². The average molecular weight is 295 g/mol. The Morgan fingerprint density at radius 3 is 2.67 bits per heavy atom. The Hall–Kier alpha value is -0.630. The molecule has 1 rings (SSSR count). The number of rotatable bonds is 9. The van der Waals surface area contributed by atoms with Gasteiger partial charge in [-0.2, -0.15) is 0 Å². The van der Waals surface area contributed by atoms with Crippen molar-refractivity contribution >= 4 is 0 Å². The fourth-order valence-electron chi connectivity index (χ4n) is 3.22. The number of nitrogens with one attached hydrogen (secondary N) is 1. The summed E-state index contributed by atoms with van der Waals surface area (Å²) in [6.07, 6.45) is 11.4. The van der Waals surface area contributed by atoms with Crippen molar-refractivity contribution in [2.24, 2.45) is 11.8 Å². The highest BCUT2D eigenvalue weighted by atomic mass is 19.1. The van der Waals surface area contributed by atoms with Crippen LogP contribution in [0.1, 0.15) is 72.6 Å². The third kappa shape index (κ3) is 7.26. The zero-order chi connectivity index (χ0) is 15.7. The van der Waals surface area contributed by atoms with Crippen molar-refractivity contribution in [2.45, 2.75) is 78.7 Å². The van der Waals surface area contributed by atoms with Gasteiger partial charge in [0.2, 0.25) is 0 Å². The lowest BCUT2D eigenvalue weighted by atomic mass is 9.83. The van der Waals surface area contributed by atoms with E-state index in [1.54, 1.807) is 6.08 Å². The molecule has 1 N–H and O–H groups in total. The predicted molar refractivity (Wildman–Crippen MR) is 91.1 cm³/mol. The summed E-state index contributed by atoms with van der Waals surface area (Å²) in [6.45, 7) is 9.93. The van der Waals surface area contributed by atoms with Crippen molar-refractivity contribution in [3.05, 3.63) is 23.6 Å². The van der Waals surface area contributed by atoms with Gasteiger partial charge in [0, 0.05) is 6.04 Å². The summed E-state index contributed by atoms with van der Waals surface area (Å²) < 4.78 is 13.6. The van der Waals surface area contributed by atoms with E-state index >= 15 is 0 Å². The van der Waals surface area contributed by atoms with Crippen LogP contribution in [0.5, 0.6) is 0 Å². The minimum Gasteiger partial charge on any atom is -0.315 e. The van der Waals surface area contributed by atoms with Crippen LogP contribution >= 0.6 is 0 Å². The number of hydrogen-bond donors (Lipinski definition) is 1. The molecule has 0 fully saturated rings. The molecule has 1 nitrogen and oxygen atoms in total. The Morgan fingerprint density at radius 2 is 2.05 bits per heavy atom. The summed E-state index contributed by atoms with van der Waals surface area (Å²) >= 11 is 0. The Morgan fingerprint density at radius 1 is 1.29 bits per heavy atom. The zero-order valence-corrected chi connectivity index (χ0v) is 14.4. The van der Waals surface area contributed by atoms with Gasteiger partial charge in [-0.3, -0.25) is 0 Å². The molecule has 0 aliphatic heterocycles. The van der Waals surface area contributed by atoms with Crippen LogP contribution in [-0.2, 0) is 0 Å². The molecular weight excluding hydrogens is 261 g/mol. The van der Waals surface area contributed by atoms with Crippen molar-refractivity contribution in [3.63, 3.8) is 0 Å². The lowest BCUT2D eigenvalue weighted by Gasteiger charge is -2.24. The largest absolute Gasteiger partial charge is 0.315 e. The molecule has 0 radical (unpaired) electrons. The first kappa shape index (κ1) is 18.4. The summed E-state index contributed by atoms with van der Waals surface area (Å²) in [4.78, 5) is 0. The van der Waals surface area contributed by atoms with Gasteiger partial charge in [0.25, 0.3) is 0 Å². The first-order valence-corrected chi connectivity index (χ1v) is 8.85. The topological polar surface area (TPSA) is 12.0 Å². The van der Waals surface area contributed by atoms with E-state index in [0.29, 0.717) is 18.4 Å². The second-order valence-electron chi connectivity index (χ2n) is 6.76. The molecular formula is C19H34FN. The highest BCUT2D eigenvalue weighted by molar-refractivity contribution is 5.21. The third-order valence-corrected chi connectivity index (χ3v) is 4.58. The maximum atomic E-state index is 13.6. The van der Waals surface area contributed by atoms with Gasteiger partial charge >= 0.3 is 0 Å². The molecule has 0 aromatic heterocycles. The van der Waals surface area contributed by atoms with Crippen LogP contribution in [0.3, 0.4) is 0 Å². The van der Waals surface area contributed by atoms with E-state index in [0.717, 1.165) is 31.7 Å². The second-order valence-corrected chi connectivity index (χ2v) is 6.76. The molecule has 122 valence electrons. The highest BCUT2D eigenvalue weighted by Crippen LogP contribution is 2.33. The van der Waals surface area contributed by atoms with Crippen molar-refractivity contribution in [3.8, 4) is 0 Å². The summed E-state index contributed by atoms with van der Waals surface area (Å²) in [5, 5.41) is 3.50. The molecule has 0 heterocycles. The van der Waals surface area contributed by atoms with Crippen molar-refractivity contribution in [2.75, 3.05) is 6.54 Å². The first-order valence-electron chi connectivity index (χ1n) is 8.85. The number of hydrogen-bond acceptors (Lipinski definition) is 1. The van der Waals surface area contributed by atoms with Gasteiger partial charge in [0.05, 0.1) is 5.83 Å². The molecule has 0 saturated carbocycles. The van der Waals surface area contributed by atoms with Crippen LogP contribution in [0, 0.1) is 11.8 Å². The summed E-state index contributed by atoms with van der Waals surface area (Å²) in [5.74, 6) is 1.36. The molecule has 2 unspecified atom stereocenters. The molecule has 0 spiro atoms. The van der Waals surface area contributed by atoms with E-state index in [1.165, 1.54) is 24.8 Å². The molecule has 0 amide bonds. The van der Waals surface area contributed by atoms with E-state index in [9.17, 15) is 4.39 Å². The first-order chi connectivity index (χ1) is 10.1. The smallest absolute Gasteiger partial charge is 0.0999 e. The Bertz CT molecular complexity index is 343. The van der Waals surface area contributed by atoms with Crippen molar-refractivity contribution in [1.82, 2.24) is 5.32 Å². The molecule has 21 heavy (non-hydrogen) atoms. The van der Waals surface area contributed by atoms with Gasteiger partial charge < -0.3 is 5.32 Å². The highest BCUT2D eigenvalue weighted by Gasteiger charge is 2.20. The fraction of sp³-hybridized carbons (Fsp3) is 0.789. The average Bonchev–Trinajstić information content (AvgIpc) is 2.61. The third-order valence-electron chi connectivity index (χ3n) is 4.58. The summed E-state index contributed by atoms with van der Waals surface area (Å²) in [6, 6.07) is 0.529. The van der Waals surface area contributed by atoms with Gasteiger partial charge in [0.15, 0.2) is 0 Å². The van der Waals surface area contributed by atoms with Gasteiger partial charge in [-0.15, -0.1) is 0 Å². The maximum absolute atomic E-state index is 13.6. The monoisotopic (exact) mass is 295 g/mol. The van der Waals surface area contributed by atoms with Crippen LogP contribution in [0.15, 0.2) is 23.6 Å². The normalized spacial score (nSPS) is 21.0. The van der Waals surface area contributed by atoms with Crippen LogP contribution in [-0.4, -0.2) is 12.6 Å². The van der Waals surface area contributed by atoms with Crippen LogP contribution in [0.25, 0.3) is 0 Å². The van der Waals surface area contributed by atoms with Crippen molar-refractivity contribution in [1.29, 1.82) is 0 Å². The van der Waals surface area contributed by atoms with E-state index < -0.39 is 0 Å². The number of halogens is 1. The van der Waals surface area contributed by atoms with E-state index in [2.05, 4.69) is 39.1 Å². The van der Waals surface area contributed by atoms with Gasteiger partial charge in [-0.05, 0) is 50.1 Å². The molecule has 0 saturated heterocycles.